The first kappa shape index (κ1) is 14.4. The highest BCUT2D eigenvalue weighted by Crippen LogP contribution is 2.30. The van der Waals surface area contributed by atoms with Gasteiger partial charge in [-0.2, -0.15) is 5.10 Å². The molecule has 0 bridgehead atoms. The first-order valence-corrected chi connectivity index (χ1v) is 7.80. The number of hydrogen-bond acceptors (Lipinski definition) is 4. The molecule has 0 spiro atoms. The highest BCUT2D eigenvalue weighted by atomic mass is 35.5. The molecule has 0 atom stereocenters. The van der Waals surface area contributed by atoms with Crippen LogP contribution >= 0.6 is 11.6 Å². The minimum atomic E-state index is -0.211. The summed E-state index contributed by atoms with van der Waals surface area (Å²) in [4.78, 5) is 23.9. The molecule has 21 heavy (non-hydrogen) atoms. The number of rotatable bonds is 7. The van der Waals surface area contributed by atoms with Crippen molar-refractivity contribution in [1.82, 2.24) is 15.1 Å². The van der Waals surface area contributed by atoms with Gasteiger partial charge in [-0.05, 0) is 31.6 Å². The highest BCUT2D eigenvalue weighted by Gasteiger charge is 2.24. The number of carbonyl (C=O) groups excluding carboxylic acids is 1. The summed E-state index contributed by atoms with van der Waals surface area (Å²) in [7, 11) is 0. The van der Waals surface area contributed by atoms with E-state index in [4.69, 9.17) is 11.6 Å². The Bertz CT molecular complexity index is 593. The third kappa shape index (κ3) is 3.97. The van der Waals surface area contributed by atoms with Gasteiger partial charge in [0.15, 0.2) is 0 Å². The van der Waals surface area contributed by atoms with Gasteiger partial charge < -0.3 is 10.6 Å². The van der Waals surface area contributed by atoms with Crippen molar-refractivity contribution in [1.29, 1.82) is 0 Å². The number of carbonyl (C=O) groups is 1. The van der Waals surface area contributed by atoms with Gasteiger partial charge in [0.2, 0.25) is 5.91 Å². The number of nitrogens with one attached hydrogen (secondary N) is 2. The molecular formula is C14H19ClN4O2. The standard InChI is InChI=1S/C14H19ClN4O2/c15-11-7-17-19(8-9-1-2-9)14(21)13(11)16-6-5-12(20)18-10-3-4-10/h7,9-10,16H,1-6,8H2,(H,18,20). The predicted molar refractivity (Wildman–Crippen MR) is 80.5 cm³/mol. The second-order valence-corrected chi connectivity index (χ2v) is 6.22. The summed E-state index contributed by atoms with van der Waals surface area (Å²) in [6.07, 6.45) is 6.26. The summed E-state index contributed by atoms with van der Waals surface area (Å²) < 4.78 is 1.45. The van der Waals surface area contributed by atoms with Gasteiger partial charge in [-0.1, -0.05) is 11.6 Å². The number of anilines is 1. The van der Waals surface area contributed by atoms with Gasteiger partial charge in [0.05, 0.1) is 11.2 Å². The quantitative estimate of drug-likeness (QED) is 0.798. The Morgan fingerprint density at radius 2 is 2.14 bits per heavy atom. The van der Waals surface area contributed by atoms with Crippen LogP contribution < -0.4 is 16.2 Å². The molecule has 0 radical (unpaired) electrons. The molecule has 1 amide bonds. The molecule has 1 heterocycles. The van der Waals surface area contributed by atoms with Crippen molar-refractivity contribution in [2.24, 2.45) is 5.92 Å². The van der Waals surface area contributed by atoms with Crippen molar-refractivity contribution >= 4 is 23.2 Å². The summed E-state index contributed by atoms with van der Waals surface area (Å²) in [5.74, 6) is 0.571. The molecule has 1 aromatic rings. The topological polar surface area (TPSA) is 76.0 Å². The maximum absolute atomic E-state index is 12.3. The van der Waals surface area contributed by atoms with E-state index in [1.165, 1.54) is 10.9 Å². The summed E-state index contributed by atoms with van der Waals surface area (Å²) in [6, 6.07) is 0.359. The molecule has 2 fully saturated rings. The molecule has 0 aromatic carbocycles. The molecule has 0 unspecified atom stereocenters. The highest BCUT2D eigenvalue weighted by molar-refractivity contribution is 6.33. The van der Waals surface area contributed by atoms with Crippen molar-refractivity contribution in [3.05, 3.63) is 21.6 Å². The number of aromatic nitrogens is 2. The summed E-state index contributed by atoms with van der Waals surface area (Å²) >= 11 is 6.02. The van der Waals surface area contributed by atoms with Crippen LogP contribution in [0.2, 0.25) is 5.02 Å². The van der Waals surface area contributed by atoms with Gasteiger partial charge in [0.25, 0.3) is 5.56 Å². The molecule has 3 rings (SSSR count). The fourth-order valence-electron chi connectivity index (χ4n) is 2.13. The first-order valence-electron chi connectivity index (χ1n) is 7.42. The largest absolute Gasteiger partial charge is 0.379 e. The van der Waals surface area contributed by atoms with E-state index in [1.807, 2.05) is 0 Å². The molecular weight excluding hydrogens is 292 g/mol. The number of nitrogens with zero attached hydrogens (tertiary/aromatic N) is 2. The zero-order chi connectivity index (χ0) is 14.8. The van der Waals surface area contributed by atoms with Crippen LogP contribution in [-0.4, -0.2) is 28.3 Å². The fourth-order valence-corrected chi connectivity index (χ4v) is 2.32. The third-order valence-electron chi connectivity index (χ3n) is 3.72. The van der Waals surface area contributed by atoms with Gasteiger partial charge in [-0.3, -0.25) is 9.59 Å². The lowest BCUT2D eigenvalue weighted by Crippen LogP contribution is -2.30. The number of hydrogen-bond donors (Lipinski definition) is 2. The fraction of sp³-hybridized carbons (Fsp3) is 0.643. The minimum absolute atomic E-state index is 0.00786. The van der Waals surface area contributed by atoms with Crippen molar-refractivity contribution in [2.75, 3.05) is 11.9 Å². The van der Waals surface area contributed by atoms with Crippen LogP contribution in [0.4, 0.5) is 5.69 Å². The lowest BCUT2D eigenvalue weighted by molar-refractivity contribution is -0.120. The number of amides is 1. The van der Waals surface area contributed by atoms with Crippen molar-refractivity contribution in [2.45, 2.75) is 44.7 Å². The zero-order valence-corrected chi connectivity index (χ0v) is 12.5. The van der Waals surface area contributed by atoms with Crippen LogP contribution in [0.1, 0.15) is 32.1 Å². The molecule has 0 saturated heterocycles. The second kappa shape index (κ2) is 6.05. The van der Waals surface area contributed by atoms with E-state index in [1.54, 1.807) is 0 Å². The minimum Gasteiger partial charge on any atom is -0.379 e. The first-order chi connectivity index (χ1) is 10.1. The summed E-state index contributed by atoms with van der Waals surface area (Å²) in [6.45, 7) is 1.04. The molecule has 1 aromatic heterocycles. The monoisotopic (exact) mass is 310 g/mol. The smallest absolute Gasteiger partial charge is 0.291 e. The second-order valence-electron chi connectivity index (χ2n) is 5.82. The average molecular weight is 311 g/mol. The van der Waals surface area contributed by atoms with Crippen LogP contribution in [0.25, 0.3) is 0 Å². The normalized spacial score (nSPS) is 17.6. The lowest BCUT2D eigenvalue weighted by atomic mass is 10.3. The Labute approximate surface area is 127 Å². The van der Waals surface area contributed by atoms with Crippen LogP contribution in [0.3, 0.4) is 0 Å². The van der Waals surface area contributed by atoms with Crippen molar-refractivity contribution in [3.8, 4) is 0 Å². The molecule has 114 valence electrons. The van der Waals surface area contributed by atoms with E-state index in [-0.39, 0.29) is 11.5 Å². The SMILES string of the molecule is O=C(CCNc1c(Cl)cnn(CC2CC2)c1=O)NC1CC1. The van der Waals surface area contributed by atoms with E-state index in [9.17, 15) is 9.59 Å². The van der Waals surface area contributed by atoms with Crippen LogP contribution in [0.5, 0.6) is 0 Å². The Hall–Kier alpha value is -1.56. The molecule has 2 N–H and O–H groups in total. The maximum Gasteiger partial charge on any atom is 0.291 e. The van der Waals surface area contributed by atoms with Crippen molar-refractivity contribution in [3.63, 3.8) is 0 Å². The maximum atomic E-state index is 12.3. The molecule has 6 nitrogen and oxygen atoms in total. The molecule has 7 heteroatoms. The van der Waals surface area contributed by atoms with Crippen LogP contribution in [-0.2, 0) is 11.3 Å². The van der Waals surface area contributed by atoms with E-state index in [0.717, 1.165) is 25.7 Å². The van der Waals surface area contributed by atoms with Gasteiger partial charge >= 0.3 is 0 Å². The summed E-state index contributed by atoms with van der Waals surface area (Å²) in [5.41, 5.74) is 0.128. The van der Waals surface area contributed by atoms with E-state index in [2.05, 4.69) is 15.7 Å². The van der Waals surface area contributed by atoms with Crippen LogP contribution in [0, 0.1) is 5.92 Å². The molecule has 0 aliphatic heterocycles. The van der Waals surface area contributed by atoms with Crippen LogP contribution in [0.15, 0.2) is 11.0 Å². The van der Waals surface area contributed by atoms with Gasteiger partial charge in [-0.25, -0.2) is 4.68 Å². The predicted octanol–water partition coefficient (Wildman–Crippen LogP) is 1.39. The van der Waals surface area contributed by atoms with Gasteiger partial charge in [0.1, 0.15) is 5.69 Å². The Kier molecular flexibility index (Phi) is 4.14. The Morgan fingerprint density at radius 1 is 1.38 bits per heavy atom. The zero-order valence-electron chi connectivity index (χ0n) is 11.8. The van der Waals surface area contributed by atoms with Crippen molar-refractivity contribution < 1.29 is 4.79 Å². The Balaban J connectivity index is 1.57. The Morgan fingerprint density at radius 3 is 2.81 bits per heavy atom. The molecule has 2 saturated carbocycles. The van der Waals surface area contributed by atoms with E-state index in [0.29, 0.717) is 42.2 Å². The third-order valence-corrected chi connectivity index (χ3v) is 4.01. The number of halogens is 1. The van der Waals surface area contributed by atoms with E-state index < -0.39 is 0 Å². The molecule has 2 aliphatic carbocycles. The average Bonchev–Trinajstić information content (AvgIpc) is 3.32. The van der Waals surface area contributed by atoms with Gasteiger partial charge in [0, 0.05) is 25.6 Å². The summed E-state index contributed by atoms with van der Waals surface area (Å²) in [5, 5.41) is 10.2. The van der Waals surface area contributed by atoms with E-state index >= 15 is 0 Å². The van der Waals surface area contributed by atoms with Gasteiger partial charge in [-0.15, -0.1) is 0 Å². The molecule has 2 aliphatic rings. The lowest BCUT2D eigenvalue weighted by Gasteiger charge is -2.10.